The highest BCUT2D eigenvalue weighted by atomic mass is 32.2. The van der Waals surface area contributed by atoms with Crippen LogP contribution in [0, 0.1) is 0 Å². The second-order valence-electron chi connectivity index (χ2n) is 3.21. The van der Waals surface area contributed by atoms with Crippen LogP contribution in [0.15, 0.2) is 0 Å². The summed E-state index contributed by atoms with van der Waals surface area (Å²) < 4.78 is 30.5. The van der Waals surface area contributed by atoms with E-state index < -0.39 is 15.3 Å². The minimum Gasteiger partial charge on any atom is -0.377 e. The Morgan fingerprint density at radius 2 is 2.00 bits per heavy atom. The summed E-state index contributed by atoms with van der Waals surface area (Å²) in [6.45, 7) is 6.26. The van der Waals surface area contributed by atoms with E-state index in [1.807, 2.05) is 13.8 Å². The number of hydrogen-bond acceptors (Lipinski definition) is 4. The molecule has 0 spiro atoms. The number of hydrogen-bond donors (Lipinski definition) is 2. The maximum absolute atomic E-state index is 11.4. The lowest BCUT2D eigenvalue weighted by Gasteiger charge is -2.15. The first kappa shape index (κ1) is 13.8. The first-order valence-electron chi connectivity index (χ1n) is 4.74. The minimum atomic E-state index is -3.28. The van der Waals surface area contributed by atoms with E-state index in [2.05, 4.69) is 4.72 Å². The van der Waals surface area contributed by atoms with E-state index in [1.165, 1.54) is 0 Å². The van der Waals surface area contributed by atoms with Gasteiger partial charge in [-0.15, -0.1) is 0 Å². The molecule has 2 atom stereocenters. The Labute approximate surface area is 86.1 Å². The van der Waals surface area contributed by atoms with Crippen LogP contribution in [0.25, 0.3) is 0 Å². The van der Waals surface area contributed by atoms with Crippen molar-refractivity contribution in [2.75, 3.05) is 19.7 Å². The van der Waals surface area contributed by atoms with Gasteiger partial charge in [0.05, 0.1) is 11.4 Å². The summed E-state index contributed by atoms with van der Waals surface area (Å²) >= 11 is 0. The van der Waals surface area contributed by atoms with Crippen LogP contribution >= 0.6 is 0 Å². The number of nitrogens with one attached hydrogen (secondary N) is 1. The Hall–Kier alpha value is -0.170. The lowest BCUT2D eigenvalue weighted by atomic mass is 10.4. The van der Waals surface area contributed by atoms with Gasteiger partial charge in [0.2, 0.25) is 10.0 Å². The Morgan fingerprint density at radius 1 is 1.43 bits per heavy atom. The van der Waals surface area contributed by atoms with Crippen LogP contribution in [0.3, 0.4) is 0 Å². The number of rotatable bonds is 7. The summed E-state index contributed by atoms with van der Waals surface area (Å²) in [7, 11) is -3.28. The van der Waals surface area contributed by atoms with Crippen LogP contribution in [-0.2, 0) is 14.8 Å². The summed E-state index contributed by atoms with van der Waals surface area (Å²) in [5.41, 5.74) is 5.27. The summed E-state index contributed by atoms with van der Waals surface area (Å²) in [4.78, 5) is 0. The van der Waals surface area contributed by atoms with E-state index >= 15 is 0 Å². The van der Waals surface area contributed by atoms with Crippen molar-refractivity contribution in [3.8, 4) is 0 Å². The molecule has 86 valence electrons. The number of ether oxygens (including phenoxy) is 1. The van der Waals surface area contributed by atoms with Crippen LogP contribution in [0.1, 0.15) is 20.8 Å². The zero-order chi connectivity index (χ0) is 11.2. The summed E-state index contributed by atoms with van der Waals surface area (Å²) in [6, 6.07) is 0. The fourth-order valence-corrected chi connectivity index (χ4v) is 1.85. The Bertz CT molecular complexity index is 241. The van der Waals surface area contributed by atoms with E-state index in [9.17, 15) is 8.42 Å². The van der Waals surface area contributed by atoms with Gasteiger partial charge in [0.1, 0.15) is 0 Å². The summed E-state index contributed by atoms with van der Waals surface area (Å²) in [5.74, 6) is 0. The van der Waals surface area contributed by atoms with Crippen LogP contribution in [0.5, 0.6) is 0 Å². The molecule has 0 aliphatic heterocycles. The van der Waals surface area contributed by atoms with Gasteiger partial charge >= 0.3 is 0 Å². The lowest BCUT2D eigenvalue weighted by molar-refractivity contribution is 0.0799. The highest BCUT2D eigenvalue weighted by molar-refractivity contribution is 7.90. The minimum absolute atomic E-state index is 0.111. The molecule has 0 rings (SSSR count). The van der Waals surface area contributed by atoms with Gasteiger partial charge in [0.15, 0.2) is 0 Å². The lowest BCUT2D eigenvalue weighted by Crippen LogP contribution is -2.40. The molecule has 5 nitrogen and oxygen atoms in total. The van der Waals surface area contributed by atoms with Crippen molar-refractivity contribution in [3.63, 3.8) is 0 Å². The van der Waals surface area contributed by atoms with Crippen LogP contribution < -0.4 is 10.5 Å². The molecule has 0 amide bonds. The fraction of sp³-hybridized carbons (Fsp3) is 1.00. The van der Waals surface area contributed by atoms with Crippen molar-refractivity contribution in [1.82, 2.24) is 4.72 Å². The molecule has 0 saturated heterocycles. The molecular weight excluding hydrogens is 204 g/mol. The van der Waals surface area contributed by atoms with Crippen molar-refractivity contribution < 1.29 is 13.2 Å². The maximum Gasteiger partial charge on any atom is 0.215 e. The molecule has 0 bridgehead atoms. The molecular formula is C8H20N2O3S. The molecule has 0 saturated carbocycles. The molecule has 0 fully saturated rings. The van der Waals surface area contributed by atoms with Crippen molar-refractivity contribution in [2.45, 2.75) is 32.1 Å². The van der Waals surface area contributed by atoms with Crippen molar-refractivity contribution >= 4 is 10.0 Å². The standard InChI is InChI=1S/C8H20N2O3S/c1-4-13-7(2)6-10-14(11,12)8(3)5-9/h7-8,10H,4-6,9H2,1-3H3. The molecule has 0 aromatic heterocycles. The van der Waals surface area contributed by atoms with E-state index in [4.69, 9.17) is 10.5 Å². The van der Waals surface area contributed by atoms with E-state index in [-0.39, 0.29) is 12.6 Å². The zero-order valence-corrected chi connectivity index (χ0v) is 9.80. The topological polar surface area (TPSA) is 81.4 Å². The fourth-order valence-electron chi connectivity index (χ4n) is 0.846. The van der Waals surface area contributed by atoms with Gasteiger partial charge < -0.3 is 10.5 Å². The SMILES string of the molecule is CCOC(C)CNS(=O)(=O)C(C)CN. The van der Waals surface area contributed by atoms with Gasteiger partial charge in [0, 0.05) is 19.7 Å². The van der Waals surface area contributed by atoms with Crippen LogP contribution in [0.2, 0.25) is 0 Å². The Kier molecular flexibility index (Phi) is 6.26. The van der Waals surface area contributed by atoms with Gasteiger partial charge in [-0.2, -0.15) is 0 Å². The predicted molar refractivity (Wildman–Crippen MR) is 56.5 cm³/mol. The van der Waals surface area contributed by atoms with Crippen LogP contribution in [0.4, 0.5) is 0 Å². The molecule has 2 unspecified atom stereocenters. The molecule has 0 aromatic carbocycles. The van der Waals surface area contributed by atoms with E-state index in [0.29, 0.717) is 13.2 Å². The highest BCUT2D eigenvalue weighted by Gasteiger charge is 2.19. The average Bonchev–Trinajstić information content (AvgIpc) is 2.14. The first-order valence-corrected chi connectivity index (χ1v) is 6.28. The van der Waals surface area contributed by atoms with Gasteiger partial charge in [-0.1, -0.05) is 0 Å². The largest absolute Gasteiger partial charge is 0.377 e. The molecule has 6 heteroatoms. The van der Waals surface area contributed by atoms with E-state index in [0.717, 1.165) is 0 Å². The zero-order valence-electron chi connectivity index (χ0n) is 8.99. The van der Waals surface area contributed by atoms with Gasteiger partial charge in [-0.05, 0) is 20.8 Å². The predicted octanol–water partition coefficient (Wildman–Crippen LogP) is -0.322. The summed E-state index contributed by atoms with van der Waals surface area (Å²) in [5, 5.41) is -0.559. The molecule has 0 aromatic rings. The smallest absolute Gasteiger partial charge is 0.215 e. The molecule has 0 radical (unpaired) electrons. The van der Waals surface area contributed by atoms with Crippen molar-refractivity contribution in [2.24, 2.45) is 5.73 Å². The maximum atomic E-state index is 11.4. The van der Waals surface area contributed by atoms with Gasteiger partial charge in [-0.25, -0.2) is 13.1 Å². The third-order valence-corrected chi connectivity index (χ3v) is 3.71. The number of nitrogens with two attached hydrogens (primary N) is 1. The van der Waals surface area contributed by atoms with Crippen molar-refractivity contribution in [1.29, 1.82) is 0 Å². The third-order valence-electron chi connectivity index (χ3n) is 1.88. The Morgan fingerprint density at radius 3 is 2.43 bits per heavy atom. The average molecular weight is 224 g/mol. The molecule has 3 N–H and O–H groups in total. The van der Waals surface area contributed by atoms with Crippen molar-refractivity contribution in [3.05, 3.63) is 0 Å². The molecule has 0 aliphatic rings. The monoisotopic (exact) mass is 224 g/mol. The molecule has 14 heavy (non-hydrogen) atoms. The van der Waals surface area contributed by atoms with Gasteiger partial charge in [0.25, 0.3) is 0 Å². The quantitative estimate of drug-likeness (QED) is 0.621. The first-order chi connectivity index (χ1) is 6.44. The third kappa shape index (κ3) is 4.90. The second-order valence-corrected chi connectivity index (χ2v) is 5.39. The summed E-state index contributed by atoms with van der Waals surface area (Å²) in [6.07, 6.45) is -0.111. The Balaban J connectivity index is 4.00. The molecule has 0 heterocycles. The number of sulfonamides is 1. The van der Waals surface area contributed by atoms with Crippen LogP contribution in [-0.4, -0.2) is 39.5 Å². The normalized spacial score (nSPS) is 16.6. The van der Waals surface area contributed by atoms with E-state index in [1.54, 1.807) is 6.92 Å². The van der Waals surface area contributed by atoms with Gasteiger partial charge in [-0.3, -0.25) is 0 Å². The highest BCUT2D eigenvalue weighted by Crippen LogP contribution is 1.97. The molecule has 0 aliphatic carbocycles. The second kappa shape index (κ2) is 6.34.